The topological polar surface area (TPSA) is 3.24 Å². The number of benzene rings is 1. The molecule has 0 bridgehead atoms. The first-order valence-corrected chi connectivity index (χ1v) is 6.30. The van der Waals surface area contributed by atoms with Crippen molar-refractivity contribution in [3.05, 3.63) is 34.6 Å². The number of hydrogen-bond acceptors (Lipinski definition) is 1. The molecular weight excluding hydrogens is 225 g/mol. The van der Waals surface area contributed by atoms with E-state index in [0.717, 1.165) is 13.1 Å². The van der Waals surface area contributed by atoms with Crippen molar-refractivity contribution in [2.75, 3.05) is 13.1 Å². The van der Waals surface area contributed by atoms with Gasteiger partial charge in [0.05, 0.1) is 0 Å². The van der Waals surface area contributed by atoms with Crippen LogP contribution in [0.4, 0.5) is 4.39 Å². The highest BCUT2D eigenvalue weighted by Gasteiger charge is 2.13. The Morgan fingerprint density at radius 2 is 1.81 bits per heavy atom. The van der Waals surface area contributed by atoms with E-state index in [0.29, 0.717) is 17.1 Å². The Bertz CT molecular complexity index is 326. The van der Waals surface area contributed by atoms with Crippen LogP contribution in [0.15, 0.2) is 18.2 Å². The fourth-order valence-electron chi connectivity index (χ4n) is 2.20. The first-order valence-electron chi connectivity index (χ1n) is 5.92. The Balaban J connectivity index is 2.07. The highest BCUT2D eigenvalue weighted by Crippen LogP contribution is 2.22. The summed E-state index contributed by atoms with van der Waals surface area (Å²) >= 11 is 6.02. The Labute approximate surface area is 101 Å². The van der Waals surface area contributed by atoms with Crippen LogP contribution in [-0.4, -0.2) is 18.0 Å². The summed E-state index contributed by atoms with van der Waals surface area (Å²) in [5.41, 5.74) is 0.645. The van der Waals surface area contributed by atoms with Gasteiger partial charge < -0.3 is 0 Å². The monoisotopic (exact) mass is 241 g/mol. The van der Waals surface area contributed by atoms with Gasteiger partial charge >= 0.3 is 0 Å². The van der Waals surface area contributed by atoms with Crippen LogP contribution in [0.3, 0.4) is 0 Å². The molecule has 0 N–H and O–H groups in total. The van der Waals surface area contributed by atoms with E-state index in [2.05, 4.69) is 4.90 Å². The second-order valence-corrected chi connectivity index (χ2v) is 4.80. The van der Waals surface area contributed by atoms with Gasteiger partial charge in [0.1, 0.15) is 5.82 Å². The number of halogens is 2. The molecule has 1 aromatic rings. The van der Waals surface area contributed by atoms with Gasteiger partial charge in [0.2, 0.25) is 0 Å². The van der Waals surface area contributed by atoms with Crippen molar-refractivity contribution >= 4 is 11.6 Å². The minimum absolute atomic E-state index is 0.184. The third kappa shape index (κ3) is 2.96. The molecule has 1 aromatic carbocycles. The van der Waals surface area contributed by atoms with E-state index in [1.807, 2.05) is 0 Å². The summed E-state index contributed by atoms with van der Waals surface area (Å²) in [6.07, 6.45) is 5.02. The van der Waals surface area contributed by atoms with Crippen molar-refractivity contribution in [3.63, 3.8) is 0 Å². The molecule has 1 saturated heterocycles. The van der Waals surface area contributed by atoms with Crippen molar-refractivity contribution < 1.29 is 4.39 Å². The van der Waals surface area contributed by atoms with Crippen molar-refractivity contribution in [2.45, 2.75) is 32.2 Å². The van der Waals surface area contributed by atoms with Crippen molar-refractivity contribution in [3.8, 4) is 0 Å². The van der Waals surface area contributed by atoms with Crippen molar-refractivity contribution in [2.24, 2.45) is 0 Å². The Morgan fingerprint density at radius 1 is 1.12 bits per heavy atom. The molecule has 88 valence electrons. The first kappa shape index (κ1) is 11.9. The second-order valence-electron chi connectivity index (χ2n) is 4.39. The van der Waals surface area contributed by atoms with Crippen LogP contribution >= 0.6 is 11.6 Å². The fraction of sp³-hybridized carbons (Fsp3) is 0.538. The third-order valence-corrected chi connectivity index (χ3v) is 3.50. The lowest BCUT2D eigenvalue weighted by atomic mass is 10.2. The zero-order valence-corrected chi connectivity index (χ0v) is 10.1. The summed E-state index contributed by atoms with van der Waals surface area (Å²) in [7, 11) is 0. The van der Waals surface area contributed by atoms with E-state index < -0.39 is 0 Å². The van der Waals surface area contributed by atoms with Crippen LogP contribution < -0.4 is 0 Å². The summed E-state index contributed by atoms with van der Waals surface area (Å²) in [5, 5.41) is 0.546. The smallest absolute Gasteiger partial charge is 0.129 e. The van der Waals surface area contributed by atoms with E-state index in [1.165, 1.54) is 31.7 Å². The lowest BCUT2D eigenvalue weighted by molar-refractivity contribution is 0.273. The van der Waals surface area contributed by atoms with Gasteiger partial charge in [-0.2, -0.15) is 0 Å². The van der Waals surface area contributed by atoms with Gasteiger partial charge in [-0.3, -0.25) is 4.90 Å². The number of hydrogen-bond donors (Lipinski definition) is 0. The lowest BCUT2D eigenvalue weighted by Gasteiger charge is -2.20. The van der Waals surface area contributed by atoms with Crippen LogP contribution in [0, 0.1) is 5.82 Å². The van der Waals surface area contributed by atoms with Crippen LogP contribution in [0.1, 0.15) is 31.2 Å². The Morgan fingerprint density at radius 3 is 2.44 bits per heavy atom. The molecule has 3 heteroatoms. The summed E-state index contributed by atoms with van der Waals surface area (Å²) in [6.45, 7) is 2.76. The fourth-order valence-corrected chi connectivity index (χ4v) is 2.42. The van der Waals surface area contributed by atoms with E-state index in [9.17, 15) is 4.39 Å². The van der Waals surface area contributed by atoms with Crippen LogP contribution in [0.25, 0.3) is 0 Å². The summed E-state index contributed by atoms with van der Waals surface area (Å²) in [6, 6.07) is 4.90. The highest BCUT2D eigenvalue weighted by atomic mass is 35.5. The zero-order chi connectivity index (χ0) is 11.4. The van der Waals surface area contributed by atoms with Gasteiger partial charge in [0.15, 0.2) is 0 Å². The first-order chi connectivity index (χ1) is 7.77. The maximum Gasteiger partial charge on any atom is 0.129 e. The van der Waals surface area contributed by atoms with Crippen LogP contribution in [-0.2, 0) is 6.54 Å². The maximum atomic E-state index is 13.6. The quantitative estimate of drug-likeness (QED) is 0.760. The van der Waals surface area contributed by atoms with Gasteiger partial charge in [0, 0.05) is 17.1 Å². The molecule has 0 atom stereocenters. The molecule has 0 saturated carbocycles. The van der Waals surface area contributed by atoms with Gasteiger partial charge in [-0.25, -0.2) is 4.39 Å². The lowest BCUT2D eigenvalue weighted by Crippen LogP contribution is -2.24. The molecule has 1 aliphatic heterocycles. The van der Waals surface area contributed by atoms with Crippen molar-refractivity contribution in [1.29, 1.82) is 0 Å². The molecule has 1 nitrogen and oxygen atoms in total. The molecule has 0 amide bonds. The number of likely N-dealkylation sites (tertiary alicyclic amines) is 1. The SMILES string of the molecule is Fc1cccc(Cl)c1CN1CCCCCC1. The molecular formula is C13H17ClFN. The van der Waals surface area contributed by atoms with E-state index in [4.69, 9.17) is 11.6 Å². The zero-order valence-electron chi connectivity index (χ0n) is 9.38. The maximum absolute atomic E-state index is 13.6. The number of rotatable bonds is 2. The Hall–Kier alpha value is -0.600. The molecule has 0 spiro atoms. The van der Waals surface area contributed by atoms with E-state index >= 15 is 0 Å². The van der Waals surface area contributed by atoms with Gasteiger partial charge in [-0.05, 0) is 38.1 Å². The summed E-state index contributed by atoms with van der Waals surface area (Å²) in [4.78, 5) is 2.30. The summed E-state index contributed by atoms with van der Waals surface area (Å²) < 4.78 is 13.6. The summed E-state index contributed by atoms with van der Waals surface area (Å²) in [5.74, 6) is -0.184. The average molecular weight is 242 g/mol. The Kier molecular flexibility index (Phi) is 4.19. The highest BCUT2D eigenvalue weighted by molar-refractivity contribution is 6.31. The molecule has 1 fully saturated rings. The molecule has 1 aliphatic rings. The molecule has 0 aliphatic carbocycles. The van der Waals surface area contributed by atoms with E-state index in [-0.39, 0.29) is 5.82 Å². The predicted octanol–water partition coefficient (Wildman–Crippen LogP) is 3.86. The molecule has 0 radical (unpaired) electrons. The number of nitrogens with zero attached hydrogens (tertiary/aromatic N) is 1. The van der Waals surface area contributed by atoms with Crippen LogP contribution in [0.5, 0.6) is 0 Å². The second kappa shape index (κ2) is 5.65. The minimum atomic E-state index is -0.184. The van der Waals surface area contributed by atoms with E-state index in [1.54, 1.807) is 12.1 Å². The normalized spacial score (nSPS) is 18.4. The largest absolute Gasteiger partial charge is 0.299 e. The average Bonchev–Trinajstić information content (AvgIpc) is 2.52. The molecule has 0 unspecified atom stereocenters. The minimum Gasteiger partial charge on any atom is -0.299 e. The third-order valence-electron chi connectivity index (χ3n) is 3.14. The van der Waals surface area contributed by atoms with Gasteiger partial charge in [-0.15, -0.1) is 0 Å². The van der Waals surface area contributed by atoms with Crippen molar-refractivity contribution in [1.82, 2.24) is 4.90 Å². The molecule has 16 heavy (non-hydrogen) atoms. The van der Waals surface area contributed by atoms with Gasteiger partial charge in [0.25, 0.3) is 0 Å². The molecule has 0 aromatic heterocycles. The van der Waals surface area contributed by atoms with Gasteiger partial charge in [-0.1, -0.05) is 30.5 Å². The molecule has 1 heterocycles. The predicted molar refractivity (Wildman–Crippen MR) is 65.2 cm³/mol. The standard InChI is InChI=1S/C13H17ClFN/c14-12-6-5-7-13(15)11(12)10-16-8-3-1-2-4-9-16/h5-7H,1-4,8-10H2. The van der Waals surface area contributed by atoms with Crippen LogP contribution in [0.2, 0.25) is 5.02 Å². The molecule has 2 rings (SSSR count).